The lowest BCUT2D eigenvalue weighted by Crippen LogP contribution is -2.27. The second kappa shape index (κ2) is 6.18. The Bertz CT molecular complexity index is 667. The van der Waals surface area contributed by atoms with Crippen LogP contribution in [0.4, 0.5) is 4.39 Å². The van der Waals surface area contributed by atoms with E-state index >= 15 is 0 Å². The van der Waals surface area contributed by atoms with Crippen molar-refractivity contribution in [3.05, 3.63) is 70.5 Å². The molecule has 0 radical (unpaired) electrons. The lowest BCUT2D eigenvalue weighted by molar-refractivity contribution is 0.0945. The van der Waals surface area contributed by atoms with Crippen molar-refractivity contribution in [3.8, 4) is 6.07 Å². The third-order valence-corrected chi connectivity index (χ3v) is 3.01. The molecule has 20 heavy (non-hydrogen) atoms. The average molecular weight is 289 g/mol. The number of rotatable bonds is 3. The van der Waals surface area contributed by atoms with Gasteiger partial charge < -0.3 is 5.32 Å². The highest BCUT2D eigenvalue weighted by Crippen LogP contribution is 2.17. The van der Waals surface area contributed by atoms with Crippen LogP contribution in [0.25, 0.3) is 0 Å². The highest BCUT2D eigenvalue weighted by atomic mass is 35.5. The van der Waals surface area contributed by atoms with Gasteiger partial charge in [-0.05, 0) is 23.8 Å². The summed E-state index contributed by atoms with van der Waals surface area (Å²) in [7, 11) is 0. The Labute approximate surface area is 120 Å². The van der Waals surface area contributed by atoms with Crippen LogP contribution in [0.1, 0.15) is 22.0 Å². The summed E-state index contributed by atoms with van der Waals surface area (Å²) >= 11 is 5.63. The van der Waals surface area contributed by atoms with E-state index in [2.05, 4.69) is 5.32 Å². The van der Waals surface area contributed by atoms with Gasteiger partial charge in [-0.2, -0.15) is 5.26 Å². The fraction of sp³-hybridized carbons (Fsp3) is 0.0667. The van der Waals surface area contributed by atoms with Crippen LogP contribution in [-0.2, 0) is 0 Å². The summed E-state index contributed by atoms with van der Waals surface area (Å²) in [5.74, 6) is -1.08. The van der Waals surface area contributed by atoms with Crippen molar-refractivity contribution in [3.63, 3.8) is 0 Å². The first-order valence-corrected chi connectivity index (χ1v) is 6.20. The predicted molar refractivity (Wildman–Crippen MR) is 73.7 cm³/mol. The number of carbonyl (C=O) groups is 1. The van der Waals surface area contributed by atoms with Crippen LogP contribution in [0.15, 0.2) is 48.5 Å². The maximum Gasteiger partial charge on any atom is 0.252 e. The summed E-state index contributed by atoms with van der Waals surface area (Å²) in [5.41, 5.74) is 0.879. The van der Waals surface area contributed by atoms with E-state index in [4.69, 9.17) is 16.9 Å². The molecule has 0 heterocycles. The number of carbonyl (C=O) groups excluding carboxylic acids is 1. The second-order valence-corrected chi connectivity index (χ2v) is 4.48. The molecule has 1 unspecified atom stereocenters. The van der Waals surface area contributed by atoms with Crippen LogP contribution in [-0.4, -0.2) is 5.91 Å². The number of benzene rings is 2. The molecule has 2 aromatic rings. The first kappa shape index (κ1) is 14.0. The van der Waals surface area contributed by atoms with E-state index in [0.29, 0.717) is 5.56 Å². The second-order valence-electron chi connectivity index (χ2n) is 4.08. The molecule has 0 saturated carbocycles. The third-order valence-electron chi connectivity index (χ3n) is 2.72. The number of nitrogens with zero attached hydrogens (tertiary/aromatic N) is 1. The minimum Gasteiger partial charge on any atom is -0.332 e. The fourth-order valence-electron chi connectivity index (χ4n) is 1.69. The minimum absolute atomic E-state index is 0.133. The lowest BCUT2D eigenvalue weighted by Gasteiger charge is -2.12. The molecular formula is C15H10ClFN2O. The standard InChI is InChI=1S/C15H10ClFN2O/c16-12-8-11(6-7-13(12)17)15(20)19-14(9-18)10-4-2-1-3-5-10/h1-8,14H,(H,19,20). The van der Waals surface area contributed by atoms with Gasteiger partial charge in [0.15, 0.2) is 0 Å². The van der Waals surface area contributed by atoms with Crippen molar-refractivity contribution >= 4 is 17.5 Å². The predicted octanol–water partition coefficient (Wildman–Crippen LogP) is 3.47. The molecule has 0 aromatic heterocycles. The normalized spacial score (nSPS) is 11.4. The Morgan fingerprint density at radius 2 is 1.95 bits per heavy atom. The van der Waals surface area contributed by atoms with Gasteiger partial charge in [0.25, 0.3) is 5.91 Å². The SMILES string of the molecule is N#CC(NC(=O)c1ccc(F)c(Cl)c1)c1ccccc1. The zero-order chi connectivity index (χ0) is 14.5. The zero-order valence-corrected chi connectivity index (χ0v) is 11.1. The van der Waals surface area contributed by atoms with Crippen LogP contribution >= 0.6 is 11.6 Å². The molecule has 0 fully saturated rings. The summed E-state index contributed by atoms with van der Waals surface area (Å²) in [4.78, 5) is 12.0. The lowest BCUT2D eigenvalue weighted by atomic mass is 10.1. The van der Waals surface area contributed by atoms with Crippen LogP contribution in [0.3, 0.4) is 0 Å². The van der Waals surface area contributed by atoms with E-state index in [9.17, 15) is 9.18 Å². The summed E-state index contributed by atoms with van der Waals surface area (Å²) < 4.78 is 13.0. The Hall–Kier alpha value is -2.38. The van der Waals surface area contributed by atoms with Crippen molar-refractivity contribution in [2.45, 2.75) is 6.04 Å². The van der Waals surface area contributed by atoms with Crippen LogP contribution in [0, 0.1) is 17.1 Å². The first-order chi connectivity index (χ1) is 9.61. The maximum atomic E-state index is 13.0. The Balaban J connectivity index is 2.18. The van der Waals surface area contributed by atoms with Gasteiger partial charge in [-0.3, -0.25) is 4.79 Å². The zero-order valence-electron chi connectivity index (χ0n) is 10.3. The number of hydrogen-bond donors (Lipinski definition) is 1. The summed E-state index contributed by atoms with van der Waals surface area (Å²) in [6, 6.07) is 13.8. The van der Waals surface area contributed by atoms with Gasteiger partial charge in [-0.25, -0.2) is 4.39 Å². The molecule has 0 aliphatic heterocycles. The van der Waals surface area contributed by atoms with E-state index in [0.717, 1.165) is 6.07 Å². The largest absolute Gasteiger partial charge is 0.332 e. The molecule has 0 aliphatic rings. The Morgan fingerprint density at radius 1 is 1.25 bits per heavy atom. The first-order valence-electron chi connectivity index (χ1n) is 5.82. The quantitative estimate of drug-likeness (QED) is 0.940. The summed E-state index contributed by atoms with van der Waals surface area (Å²) in [5, 5.41) is 11.6. The smallest absolute Gasteiger partial charge is 0.252 e. The molecule has 3 nitrogen and oxygen atoms in total. The van der Waals surface area contributed by atoms with Crippen LogP contribution in [0.2, 0.25) is 5.02 Å². The van der Waals surface area contributed by atoms with Gasteiger partial charge in [-0.15, -0.1) is 0 Å². The number of nitrogens with one attached hydrogen (secondary N) is 1. The highest BCUT2D eigenvalue weighted by Gasteiger charge is 2.15. The van der Waals surface area contributed by atoms with Crippen LogP contribution < -0.4 is 5.32 Å². The van der Waals surface area contributed by atoms with E-state index in [1.54, 1.807) is 24.3 Å². The number of nitriles is 1. The summed E-state index contributed by atoms with van der Waals surface area (Å²) in [6.45, 7) is 0. The van der Waals surface area contributed by atoms with Gasteiger partial charge in [0.1, 0.15) is 11.9 Å². The van der Waals surface area contributed by atoms with Gasteiger partial charge in [-0.1, -0.05) is 41.9 Å². The van der Waals surface area contributed by atoms with Crippen LogP contribution in [0.5, 0.6) is 0 Å². The van der Waals surface area contributed by atoms with Gasteiger partial charge in [0.2, 0.25) is 0 Å². The van der Waals surface area contributed by atoms with Crippen molar-refractivity contribution in [2.75, 3.05) is 0 Å². The molecule has 5 heteroatoms. The molecule has 0 saturated heterocycles. The van der Waals surface area contributed by atoms with Crippen molar-refractivity contribution < 1.29 is 9.18 Å². The molecule has 100 valence electrons. The molecule has 0 spiro atoms. The molecule has 0 bridgehead atoms. The van der Waals surface area contributed by atoms with E-state index in [1.165, 1.54) is 12.1 Å². The van der Waals surface area contributed by atoms with Gasteiger partial charge >= 0.3 is 0 Å². The number of amides is 1. The molecule has 2 aromatic carbocycles. The topological polar surface area (TPSA) is 52.9 Å². The maximum absolute atomic E-state index is 13.0. The Morgan fingerprint density at radius 3 is 2.55 bits per heavy atom. The molecule has 0 aliphatic carbocycles. The fourth-order valence-corrected chi connectivity index (χ4v) is 1.87. The molecule has 1 N–H and O–H groups in total. The summed E-state index contributed by atoms with van der Waals surface area (Å²) in [6.07, 6.45) is 0. The molecular weight excluding hydrogens is 279 g/mol. The van der Waals surface area contributed by atoms with Crippen molar-refractivity contribution in [1.29, 1.82) is 5.26 Å². The van der Waals surface area contributed by atoms with Gasteiger partial charge in [0.05, 0.1) is 11.1 Å². The minimum atomic E-state index is -0.771. The highest BCUT2D eigenvalue weighted by molar-refractivity contribution is 6.31. The van der Waals surface area contributed by atoms with Crippen molar-refractivity contribution in [2.24, 2.45) is 0 Å². The van der Waals surface area contributed by atoms with Gasteiger partial charge in [0, 0.05) is 5.56 Å². The average Bonchev–Trinajstić information content (AvgIpc) is 2.48. The van der Waals surface area contributed by atoms with E-state index < -0.39 is 17.8 Å². The number of halogens is 2. The molecule has 1 atom stereocenters. The monoisotopic (exact) mass is 288 g/mol. The van der Waals surface area contributed by atoms with E-state index in [-0.39, 0.29) is 10.6 Å². The number of hydrogen-bond acceptors (Lipinski definition) is 2. The molecule has 2 rings (SSSR count). The van der Waals surface area contributed by atoms with Crippen molar-refractivity contribution in [1.82, 2.24) is 5.32 Å². The Kier molecular flexibility index (Phi) is 4.34. The molecule has 1 amide bonds. The van der Waals surface area contributed by atoms with E-state index in [1.807, 2.05) is 12.1 Å². The third kappa shape index (κ3) is 3.14.